The highest BCUT2D eigenvalue weighted by molar-refractivity contribution is 6.13. The Kier molecular flexibility index (Phi) is 2.40. The molecule has 0 aromatic heterocycles. The van der Waals surface area contributed by atoms with Crippen molar-refractivity contribution in [2.75, 3.05) is 0 Å². The van der Waals surface area contributed by atoms with E-state index in [9.17, 15) is 15.5 Å². The molecule has 104 valence electrons. The van der Waals surface area contributed by atoms with Crippen LogP contribution in [-0.2, 0) is 0 Å². The maximum atomic E-state index is 11.0. The van der Waals surface area contributed by atoms with Crippen LogP contribution in [0.4, 0.5) is 0 Å². The van der Waals surface area contributed by atoms with Crippen LogP contribution in [0.5, 0.6) is 0 Å². The summed E-state index contributed by atoms with van der Waals surface area (Å²) in [6.45, 7) is 7.85. The number of hydrogen-bond donors (Lipinski definition) is 3. The van der Waals surface area contributed by atoms with E-state index in [1.54, 1.807) is 0 Å². The topological polar surface area (TPSA) is 85.4 Å². The van der Waals surface area contributed by atoms with Gasteiger partial charge in [-0.1, -0.05) is 22.5 Å². The fourth-order valence-corrected chi connectivity index (χ4v) is 4.79. The molecule has 4 bridgehead atoms. The molecular formula is C14H20N2O3. The molecule has 4 rings (SSSR count). The first-order valence-corrected chi connectivity index (χ1v) is 6.71. The summed E-state index contributed by atoms with van der Waals surface area (Å²) < 4.78 is 0. The van der Waals surface area contributed by atoms with Crippen molar-refractivity contribution in [1.82, 2.24) is 0 Å². The number of nitrogens with zero attached hydrogens (tertiary/aromatic N) is 2. The summed E-state index contributed by atoms with van der Waals surface area (Å²) in [6.07, 6.45) is 2.05. The summed E-state index contributed by atoms with van der Waals surface area (Å²) in [7, 11) is 0. The first-order valence-electron chi connectivity index (χ1n) is 6.71. The van der Waals surface area contributed by atoms with Crippen LogP contribution in [0.3, 0.4) is 0 Å². The van der Waals surface area contributed by atoms with E-state index in [0.717, 1.165) is 12.0 Å². The van der Waals surface area contributed by atoms with Crippen molar-refractivity contribution in [3.63, 3.8) is 0 Å². The van der Waals surface area contributed by atoms with Crippen LogP contribution in [0, 0.1) is 23.2 Å². The fraction of sp³-hybridized carbons (Fsp3) is 0.714. The molecule has 4 fully saturated rings. The summed E-state index contributed by atoms with van der Waals surface area (Å²) in [5, 5.41) is 36.4. The van der Waals surface area contributed by atoms with Crippen LogP contribution in [0.15, 0.2) is 22.5 Å². The summed E-state index contributed by atoms with van der Waals surface area (Å²) in [4.78, 5) is 0. The molecular weight excluding hydrogens is 244 g/mol. The van der Waals surface area contributed by atoms with E-state index < -0.39 is 5.60 Å². The zero-order chi connectivity index (χ0) is 14.0. The number of rotatable bonds is 1. The van der Waals surface area contributed by atoms with Gasteiger partial charge >= 0.3 is 0 Å². The van der Waals surface area contributed by atoms with E-state index in [4.69, 9.17) is 0 Å². The molecule has 5 nitrogen and oxygen atoms in total. The lowest BCUT2D eigenvalue weighted by Gasteiger charge is -2.64. The second kappa shape index (κ2) is 3.60. The number of hydrogen-bond acceptors (Lipinski definition) is 5. The highest BCUT2D eigenvalue weighted by Crippen LogP contribution is 2.64. The molecule has 0 aromatic carbocycles. The van der Waals surface area contributed by atoms with E-state index in [1.165, 1.54) is 0 Å². The van der Waals surface area contributed by atoms with Crippen molar-refractivity contribution in [2.24, 2.45) is 33.5 Å². The first kappa shape index (κ1) is 12.7. The fourth-order valence-electron chi connectivity index (χ4n) is 4.79. The molecule has 0 saturated heterocycles. The van der Waals surface area contributed by atoms with Crippen molar-refractivity contribution in [1.29, 1.82) is 0 Å². The Labute approximate surface area is 112 Å². The van der Waals surface area contributed by atoms with Crippen molar-refractivity contribution in [3.8, 4) is 0 Å². The number of aliphatic hydroxyl groups is 1. The molecule has 4 aliphatic carbocycles. The summed E-state index contributed by atoms with van der Waals surface area (Å²) >= 11 is 0. The molecule has 0 aliphatic heterocycles. The SMILES string of the molecule is C=C(C)C12CC3CC(/C(=N/O)C(C1)/C3=N\O)[C@@]2(C)O. The largest absolute Gasteiger partial charge is 0.411 e. The van der Waals surface area contributed by atoms with Crippen LogP contribution in [0.2, 0.25) is 0 Å². The molecule has 5 heteroatoms. The zero-order valence-electron chi connectivity index (χ0n) is 11.3. The van der Waals surface area contributed by atoms with Gasteiger partial charge in [-0.25, -0.2) is 0 Å². The van der Waals surface area contributed by atoms with E-state index in [2.05, 4.69) is 16.9 Å². The minimum atomic E-state index is -0.950. The summed E-state index contributed by atoms with van der Waals surface area (Å²) in [5.41, 5.74) is 0.912. The van der Waals surface area contributed by atoms with Gasteiger partial charge in [0.15, 0.2) is 0 Å². The lowest BCUT2D eigenvalue weighted by Crippen LogP contribution is -2.69. The third-order valence-corrected chi connectivity index (χ3v) is 5.85. The Bertz CT molecular complexity index is 509. The highest BCUT2D eigenvalue weighted by Gasteiger charge is 2.68. The van der Waals surface area contributed by atoms with E-state index >= 15 is 0 Å². The third kappa shape index (κ3) is 1.24. The van der Waals surface area contributed by atoms with Crippen molar-refractivity contribution in [2.45, 2.75) is 38.7 Å². The molecule has 4 saturated carbocycles. The number of oxime groups is 2. The second-order valence-electron chi connectivity index (χ2n) is 6.51. The molecule has 4 aliphatic rings. The van der Waals surface area contributed by atoms with E-state index in [1.807, 2.05) is 13.8 Å². The van der Waals surface area contributed by atoms with Gasteiger partial charge < -0.3 is 15.5 Å². The molecule has 5 atom stereocenters. The van der Waals surface area contributed by atoms with Crippen molar-refractivity contribution < 1.29 is 15.5 Å². The van der Waals surface area contributed by atoms with Crippen LogP contribution in [-0.4, -0.2) is 32.5 Å². The molecule has 4 unspecified atom stereocenters. The minimum absolute atomic E-state index is 0.149. The molecule has 0 radical (unpaired) electrons. The maximum absolute atomic E-state index is 11.0. The Hall–Kier alpha value is -1.36. The standard InChI is InChI=1S/C14H20N2O3/c1-7(2)14-5-8-4-10(13(14,3)17)12(16-19)9(6-14)11(8)15-18/h8-10,17-19H,1,4-6H2,2-3H3/b15-11-,16-12+/t8?,9?,10?,13-,14?/m1/s1. The van der Waals surface area contributed by atoms with Gasteiger partial charge in [-0.3, -0.25) is 0 Å². The van der Waals surface area contributed by atoms with Gasteiger partial charge in [0.2, 0.25) is 0 Å². The van der Waals surface area contributed by atoms with Crippen molar-refractivity contribution >= 4 is 11.4 Å². The normalized spacial score (nSPS) is 52.1. The van der Waals surface area contributed by atoms with E-state index in [-0.39, 0.29) is 23.2 Å². The minimum Gasteiger partial charge on any atom is -0.411 e. The van der Waals surface area contributed by atoms with E-state index in [0.29, 0.717) is 24.3 Å². The van der Waals surface area contributed by atoms with Gasteiger partial charge in [0.25, 0.3) is 0 Å². The Morgan fingerprint density at radius 2 is 1.89 bits per heavy atom. The molecule has 0 heterocycles. The molecule has 0 aromatic rings. The van der Waals surface area contributed by atoms with Crippen LogP contribution >= 0.6 is 0 Å². The molecule has 19 heavy (non-hydrogen) atoms. The first-order chi connectivity index (χ1) is 8.89. The van der Waals surface area contributed by atoms with Gasteiger partial charge in [0.1, 0.15) is 0 Å². The van der Waals surface area contributed by atoms with Gasteiger partial charge in [-0.15, -0.1) is 0 Å². The lowest BCUT2D eigenvalue weighted by molar-refractivity contribution is -0.136. The van der Waals surface area contributed by atoms with Crippen LogP contribution in [0.1, 0.15) is 33.1 Å². The Morgan fingerprint density at radius 3 is 2.42 bits per heavy atom. The maximum Gasteiger partial charge on any atom is 0.0794 e. The smallest absolute Gasteiger partial charge is 0.0794 e. The third-order valence-electron chi connectivity index (χ3n) is 5.85. The Balaban J connectivity index is 2.19. The predicted octanol–water partition coefficient (Wildman–Crippen LogP) is 2.02. The monoisotopic (exact) mass is 264 g/mol. The zero-order valence-corrected chi connectivity index (χ0v) is 11.3. The van der Waals surface area contributed by atoms with Crippen LogP contribution in [0.25, 0.3) is 0 Å². The van der Waals surface area contributed by atoms with Gasteiger partial charge in [0, 0.05) is 23.2 Å². The summed E-state index contributed by atoms with van der Waals surface area (Å²) in [5.74, 6) is -0.196. The van der Waals surface area contributed by atoms with Crippen molar-refractivity contribution in [3.05, 3.63) is 12.2 Å². The molecule has 0 spiro atoms. The molecule has 3 N–H and O–H groups in total. The second-order valence-corrected chi connectivity index (χ2v) is 6.51. The predicted molar refractivity (Wildman–Crippen MR) is 70.6 cm³/mol. The highest BCUT2D eigenvalue weighted by atomic mass is 16.4. The van der Waals surface area contributed by atoms with Gasteiger partial charge in [-0.2, -0.15) is 0 Å². The molecule has 0 amide bonds. The van der Waals surface area contributed by atoms with Gasteiger partial charge in [0.05, 0.1) is 17.0 Å². The summed E-state index contributed by atoms with van der Waals surface area (Å²) in [6, 6.07) is 0. The quantitative estimate of drug-likeness (QED) is 0.385. The van der Waals surface area contributed by atoms with Crippen LogP contribution < -0.4 is 0 Å². The van der Waals surface area contributed by atoms with Gasteiger partial charge in [-0.05, 0) is 33.1 Å². The lowest BCUT2D eigenvalue weighted by atomic mass is 9.41. The average molecular weight is 264 g/mol. The average Bonchev–Trinajstić information content (AvgIpc) is 2.34. The Morgan fingerprint density at radius 1 is 1.26 bits per heavy atom.